The fourth-order valence-corrected chi connectivity index (χ4v) is 1.68. The molecule has 0 aliphatic carbocycles. The Labute approximate surface area is 114 Å². The molecule has 1 rings (SSSR count). The lowest BCUT2D eigenvalue weighted by Crippen LogP contribution is -2.42. The van der Waals surface area contributed by atoms with Crippen molar-refractivity contribution in [3.05, 3.63) is 39.9 Å². The SMILES string of the molecule is CN(Cc1cccc([N+](=O)[O-])c1)C(=O)C(N)CC(=O)O. The Morgan fingerprint density at radius 1 is 1.50 bits per heavy atom. The van der Waals surface area contributed by atoms with Crippen molar-refractivity contribution in [2.45, 2.75) is 19.0 Å². The van der Waals surface area contributed by atoms with Gasteiger partial charge in [-0.1, -0.05) is 12.1 Å². The lowest BCUT2D eigenvalue weighted by Gasteiger charge is -2.20. The Bertz CT molecular complexity index is 532. The molecular formula is C12H15N3O5. The van der Waals surface area contributed by atoms with E-state index in [-0.39, 0.29) is 12.2 Å². The zero-order valence-corrected chi connectivity index (χ0v) is 10.9. The van der Waals surface area contributed by atoms with Crippen LogP contribution in [0.2, 0.25) is 0 Å². The molecule has 1 atom stereocenters. The largest absolute Gasteiger partial charge is 0.481 e. The molecule has 1 unspecified atom stereocenters. The second-order valence-electron chi connectivity index (χ2n) is 4.33. The van der Waals surface area contributed by atoms with Crippen molar-refractivity contribution in [3.63, 3.8) is 0 Å². The summed E-state index contributed by atoms with van der Waals surface area (Å²) in [6, 6.07) is 4.73. The first kappa shape index (κ1) is 15.6. The summed E-state index contributed by atoms with van der Waals surface area (Å²) in [5.74, 6) is -1.69. The van der Waals surface area contributed by atoms with Gasteiger partial charge in [0.05, 0.1) is 17.4 Å². The Balaban J connectivity index is 2.72. The van der Waals surface area contributed by atoms with Crippen LogP contribution >= 0.6 is 0 Å². The number of rotatable bonds is 6. The Kier molecular flexibility index (Phi) is 5.15. The van der Waals surface area contributed by atoms with Gasteiger partial charge in [0.15, 0.2) is 0 Å². The van der Waals surface area contributed by atoms with E-state index < -0.39 is 29.3 Å². The molecule has 0 radical (unpaired) electrons. The highest BCUT2D eigenvalue weighted by Crippen LogP contribution is 2.14. The van der Waals surface area contributed by atoms with Gasteiger partial charge < -0.3 is 15.7 Å². The molecule has 8 nitrogen and oxygen atoms in total. The van der Waals surface area contributed by atoms with Crippen LogP contribution in [0.1, 0.15) is 12.0 Å². The minimum atomic E-state index is -1.16. The lowest BCUT2D eigenvalue weighted by atomic mass is 10.1. The molecule has 0 saturated heterocycles. The summed E-state index contributed by atoms with van der Waals surface area (Å²) < 4.78 is 0. The number of nitro benzene ring substituents is 1. The number of carboxylic acid groups (broad SMARTS) is 1. The zero-order chi connectivity index (χ0) is 15.3. The van der Waals surface area contributed by atoms with Crippen LogP contribution in [0.25, 0.3) is 0 Å². The zero-order valence-electron chi connectivity index (χ0n) is 10.9. The maximum atomic E-state index is 11.8. The molecule has 0 spiro atoms. The standard InChI is InChI=1S/C12H15N3O5/c1-14(12(18)10(13)6-11(16)17)7-8-3-2-4-9(5-8)15(19)20/h2-5,10H,6-7,13H2,1H3,(H,16,17). The van der Waals surface area contributed by atoms with Gasteiger partial charge in [0, 0.05) is 25.7 Å². The summed E-state index contributed by atoms with van der Waals surface area (Å²) in [5.41, 5.74) is 5.97. The van der Waals surface area contributed by atoms with Crippen molar-refractivity contribution in [1.82, 2.24) is 4.90 Å². The molecule has 0 heterocycles. The number of carbonyl (C=O) groups excluding carboxylic acids is 1. The van der Waals surface area contributed by atoms with Crippen LogP contribution < -0.4 is 5.73 Å². The molecular weight excluding hydrogens is 266 g/mol. The second kappa shape index (κ2) is 6.62. The summed E-state index contributed by atoms with van der Waals surface area (Å²) in [4.78, 5) is 33.7. The van der Waals surface area contributed by atoms with Gasteiger partial charge in [-0.15, -0.1) is 0 Å². The molecule has 1 aromatic rings. The Hall–Kier alpha value is -2.48. The molecule has 0 aliphatic heterocycles. The van der Waals surface area contributed by atoms with Crippen LogP contribution in [0.3, 0.4) is 0 Å². The minimum Gasteiger partial charge on any atom is -0.481 e. The van der Waals surface area contributed by atoms with Gasteiger partial charge in [-0.3, -0.25) is 19.7 Å². The molecule has 0 bridgehead atoms. The second-order valence-corrected chi connectivity index (χ2v) is 4.33. The first-order chi connectivity index (χ1) is 9.31. The number of nitrogens with two attached hydrogens (primary N) is 1. The smallest absolute Gasteiger partial charge is 0.305 e. The van der Waals surface area contributed by atoms with E-state index in [0.717, 1.165) is 0 Å². The van der Waals surface area contributed by atoms with Gasteiger partial charge in [0.2, 0.25) is 5.91 Å². The first-order valence-corrected chi connectivity index (χ1v) is 5.77. The maximum absolute atomic E-state index is 11.8. The minimum absolute atomic E-state index is 0.0711. The number of aliphatic carboxylic acids is 1. The van der Waals surface area contributed by atoms with E-state index in [4.69, 9.17) is 10.8 Å². The van der Waals surface area contributed by atoms with E-state index in [9.17, 15) is 19.7 Å². The summed E-state index contributed by atoms with van der Waals surface area (Å²) in [7, 11) is 1.46. The van der Waals surface area contributed by atoms with Crippen LogP contribution in [0.15, 0.2) is 24.3 Å². The summed E-state index contributed by atoms with van der Waals surface area (Å²) >= 11 is 0. The van der Waals surface area contributed by atoms with Crippen molar-refractivity contribution in [2.75, 3.05) is 7.05 Å². The van der Waals surface area contributed by atoms with Crippen LogP contribution in [-0.4, -0.2) is 39.9 Å². The van der Waals surface area contributed by atoms with Gasteiger partial charge in [-0.25, -0.2) is 0 Å². The number of amides is 1. The van der Waals surface area contributed by atoms with E-state index in [1.807, 2.05) is 0 Å². The van der Waals surface area contributed by atoms with Crippen LogP contribution in [0.4, 0.5) is 5.69 Å². The number of likely N-dealkylation sites (N-methyl/N-ethyl adjacent to an activating group) is 1. The third-order valence-corrected chi connectivity index (χ3v) is 2.63. The molecule has 1 amide bonds. The van der Waals surface area contributed by atoms with Crippen molar-refractivity contribution in [1.29, 1.82) is 0 Å². The average molecular weight is 281 g/mol. The number of hydrogen-bond acceptors (Lipinski definition) is 5. The van der Waals surface area contributed by atoms with E-state index in [1.54, 1.807) is 6.07 Å². The fourth-order valence-electron chi connectivity index (χ4n) is 1.68. The van der Waals surface area contributed by atoms with Crippen molar-refractivity contribution >= 4 is 17.6 Å². The fraction of sp³-hybridized carbons (Fsp3) is 0.333. The Morgan fingerprint density at radius 3 is 2.70 bits per heavy atom. The monoisotopic (exact) mass is 281 g/mol. The van der Waals surface area contributed by atoms with E-state index in [0.29, 0.717) is 5.56 Å². The van der Waals surface area contributed by atoms with Crippen LogP contribution in [-0.2, 0) is 16.1 Å². The van der Waals surface area contributed by atoms with Crippen LogP contribution in [0.5, 0.6) is 0 Å². The highest BCUT2D eigenvalue weighted by molar-refractivity contribution is 5.85. The molecule has 20 heavy (non-hydrogen) atoms. The van der Waals surface area contributed by atoms with Gasteiger partial charge in [0.25, 0.3) is 5.69 Å². The van der Waals surface area contributed by atoms with E-state index in [1.165, 1.54) is 30.1 Å². The van der Waals surface area contributed by atoms with Crippen molar-refractivity contribution in [2.24, 2.45) is 5.73 Å². The number of nitrogens with zero attached hydrogens (tertiary/aromatic N) is 2. The predicted molar refractivity (Wildman–Crippen MR) is 69.8 cm³/mol. The molecule has 0 aliphatic rings. The number of hydrogen-bond donors (Lipinski definition) is 2. The summed E-state index contributed by atoms with van der Waals surface area (Å²) in [6.07, 6.45) is -0.460. The molecule has 0 saturated carbocycles. The van der Waals surface area contributed by atoms with Gasteiger partial charge in [-0.05, 0) is 5.56 Å². The molecule has 108 valence electrons. The Morgan fingerprint density at radius 2 is 2.15 bits per heavy atom. The number of carboxylic acids is 1. The molecule has 0 fully saturated rings. The summed E-state index contributed by atoms with van der Waals surface area (Å²) in [6.45, 7) is 0.119. The summed E-state index contributed by atoms with van der Waals surface area (Å²) in [5, 5.41) is 19.2. The van der Waals surface area contributed by atoms with E-state index >= 15 is 0 Å². The number of nitro groups is 1. The molecule has 3 N–H and O–H groups in total. The maximum Gasteiger partial charge on any atom is 0.305 e. The third kappa shape index (κ3) is 4.32. The highest BCUT2D eigenvalue weighted by atomic mass is 16.6. The first-order valence-electron chi connectivity index (χ1n) is 5.77. The highest BCUT2D eigenvalue weighted by Gasteiger charge is 2.21. The molecule has 8 heteroatoms. The van der Waals surface area contributed by atoms with Crippen molar-refractivity contribution < 1.29 is 19.6 Å². The predicted octanol–water partition coefficient (Wildman–Crippen LogP) is 0.355. The van der Waals surface area contributed by atoms with Gasteiger partial charge in [-0.2, -0.15) is 0 Å². The average Bonchev–Trinajstić information content (AvgIpc) is 2.37. The van der Waals surface area contributed by atoms with Gasteiger partial charge in [0.1, 0.15) is 0 Å². The number of benzene rings is 1. The molecule has 0 aromatic heterocycles. The van der Waals surface area contributed by atoms with E-state index in [2.05, 4.69) is 0 Å². The number of carbonyl (C=O) groups is 2. The van der Waals surface area contributed by atoms with Crippen LogP contribution in [0, 0.1) is 10.1 Å². The lowest BCUT2D eigenvalue weighted by molar-refractivity contribution is -0.384. The topological polar surface area (TPSA) is 127 Å². The van der Waals surface area contributed by atoms with Gasteiger partial charge >= 0.3 is 5.97 Å². The number of non-ortho nitro benzene ring substituents is 1. The van der Waals surface area contributed by atoms with Crippen molar-refractivity contribution in [3.8, 4) is 0 Å². The molecule has 1 aromatic carbocycles. The normalized spacial score (nSPS) is 11.7. The third-order valence-electron chi connectivity index (χ3n) is 2.63. The quantitative estimate of drug-likeness (QED) is 0.572.